The molecule has 4 heteroatoms. The number of hydrogen-bond acceptors (Lipinski definition) is 3. The molecule has 0 amide bonds. The summed E-state index contributed by atoms with van der Waals surface area (Å²) in [7, 11) is 0. The van der Waals surface area contributed by atoms with Gasteiger partial charge in [-0.3, -0.25) is 0 Å². The molecule has 0 bridgehead atoms. The quantitative estimate of drug-likeness (QED) is 0.185. The van der Waals surface area contributed by atoms with Gasteiger partial charge >= 0.3 is 0 Å². The van der Waals surface area contributed by atoms with E-state index in [2.05, 4.69) is 160 Å². The fourth-order valence-corrected chi connectivity index (χ4v) is 8.70. The second-order valence-corrected chi connectivity index (χ2v) is 16.0. The number of rotatable bonds is 4. The van der Waals surface area contributed by atoms with Crippen LogP contribution in [0.2, 0.25) is 0 Å². The van der Waals surface area contributed by atoms with Crippen LogP contribution in [0.4, 0.5) is 0 Å². The molecule has 10 rings (SSSR count). The lowest BCUT2D eigenvalue weighted by Gasteiger charge is -2.42. The SMILES string of the molecule is CC1(C)CCC(C)(C)c2c1ccc1c3ccc4ccccc4c3n(-c3ccc(-c4nc(-c5ccccc5)nc(-c5ccc6ccccc6c5)n4)cc3)c21. The highest BCUT2D eigenvalue weighted by molar-refractivity contribution is 6.19. The van der Waals surface area contributed by atoms with Crippen molar-refractivity contribution in [3.63, 3.8) is 0 Å². The largest absolute Gasteiger partial charge is 0.308 e. The summed E-state index contributed by atoms with van der Waals surface area (Å²) in [6, 6.07) is 52.0. The van der Waals surface area contributed by atoms with E-state index in [4.69, 9.17) is 15.0 Å². The Balaban J connectivity index is 1.19. The van der Waals surface area contributed by atoms with Crippen LogP contribution in [0.15, 0.2) is 146 Å². The minimum absolute atomic E-state index is 0.0319. The highest BCUT2D eigenvalue weighted by Gasteiger charge is 2.39. The van der Waals surface area contributed by atoms with E-state index in [-0.39, 0.29) is 10.8 Å². The Hall–Kier alpha value is -6.13. The van der Waals surface area contributed by atoms with Crippen molar-refractivity contribution in [3.8, 4) is 39.9 Å². The Morgan fingerprint density at radius 3 is 1.74 bits per heavy atom. The fourth-order valence-electron chi connectivity index (χ4n) is 8.70. The monoisotopic (exact) mass is 684 g/mol. The maximum Gasteiger partial charge on any atom is 0.164 e. The van der Waals surface area contributed by atoms with E-state index in [0.29, 0.717) is 17.5 Å². The molecule has 0 saturated heterocycles. The molecule has 1 aliphatic carbocycles. The standard InChI is InChI=1S/C49H40N4/c1-48(2)28-29-49(3,4)42-41(48)27-26-40-39-25-22-32-13-10-11-17-38(32)43(39)53(44(40)42)37-23-20-34(21-24-37)46-50-45(33-14-6-5-7-15-33)51-47(52-46)36-19-18-31-12-8-9-16-35(31)30-36/h5-27,30H,28-29H2,1-4H3. The molecule has 7 aromatic carbocycles. The number of hydrogen-bond donors (Lipinski definition) is 0. The summed E-state index contributed by atoms with van der Waals surface area (Å²) in [6.45, 7) is 9.69. The second kappa shape index (κ2) is 11.7. The topological polar surface area (TPSA) is 43.6 Å². The molecule has 4 nitrogen and oxygen atoms in total. The van der Waals surface area contributed by atoms with Gasteiger partial charge in [-0.25, -0.2) is 15.0 Å². The molecule has 0 aliphatic heterocycles. The number of aromatic nitrogens is 4. The first-order valence-electron chi connectivity index (χ1n) is 18.7. The highest BCUT2D eigenvalue weighted by atomic mass is 15.0. The van der Waals surface area contributed by atoms with Crippen molar-refractivity contribution < 1.29 is 0 Å². The van der Waals surface area contributed by atoms with Gasteiger partial charge in [0.1, 0.15) is 0 Å². The summed E-state index contributed by atoms with van der Waals surface area (Å²) < 4.78 is 2.54. The minimum atomic E-state index is 0.0319. The van der Waals surface area contributed by atoms with Gasteiger partial charge in [-0.05, 0) is 81.3 Å². The lowest BCUT2D eigenvalue weighted by atomic mass is 9.62. The smallest absolute Gasteiger partial charge is 0.164 e. The van der Waals surface area contributed by atoms with Gasteiger partial charge in [-0.2, -0.15) is 0 Å². The molecule has 53 heavy (non-hydrogen) atoms. The van der Waals surface area contributed by atoms with Gasteiger partial charge in [0.25, 0.3) is 0 Å². The Kier molecular flexibility index (Phi) is 6.97. The van der Waals surface area contributed by atoms with E-state index in [0.717, 1.165) is 34.2 Å². The van der Waals surface area contributed by atoms with E-state index in [9.17, 15) is 0 Å². The molecule has 0 saturated carbocycles. The van der Waals surface area contributed by atoms with E-state index >= 15 is 0 Å². The van der Waals surface area contributed by atoms with Crippen LogP contribution in [0.3, 0.4) is 0 Å². The fraction of sp³-hybridized carbons (Fsp3) is 0.163. The van der Waals surface area contributed by atoms with Crippen molar-refractivity contribution in [1.29, 1.82) is 0 Å². The molecular weight excluding hydrogens is 645 g/mol. The van der Waals surface area contributed by atoms with Crippen LogP contribution in [0.5, 0.6) is 0 Å². The first-order chi connectivity index (χ1) is 25.7. The molecule has 1 aliphatic rings. The van der Waals surface area contributed by atoms with Gasteiger partial charge in [-0.15, -0.1) is 0 Å². The van der Waals surface area contributed by atoms with Crippen LogP contribution in [-0.2, 0) is 10.8 Å². The molecule has 9 aromatic rings. The number of benzene rings is 7. The molecule has 0 N–H and O–H groups in total. The first-order valence-corrected chi connectivity index (χ1v) is 18.7. The molecule has 0 radical (unpaired) electrons. The van der Waals surface area contributed by atoms with Crippen LogP contribution >= 0.6 is 0 Å². The molecular formula is C49H40N4. The zero-order chi connectivity index (χ0) is 35.9. The summed E-state index contributed by atoms with van der Waals surface area (Å²) in [6.07, 6.45) is 2.32. The highest BCUT2D eigenvalue weighted by Crippen LogP contribution is 2.51. The lowest BCUT2D eigenvalue weighted by molar-refractivity contribution is 0.334. The van der Waals surface area contributed by atoms with Crippen molar-refractivity contribution >= 4 is 43.4 Å². The van der Waals surface area contributed by atoms with E-state index < -0.39 is 0 Å². The van der Waals surface area contributed by atoms with E-state index in [1.165, 1.54) is 55.5 Å². The number of nitrogens with zero attached hydrogens (tertiary/aromatic N) is 4. The number of fused-ring (bicyclic) bond motifs is 8. The Labute approximate surface area is 309 Å². The lowest BCUT2D eigenvalue weighted by Crippen LogP contribution is -2.34. The van der Waals surface area contributed by atoms with E-state index in [1.54, 1.807) is 0 Å². The van der Waals surface area contributed by atoms with Crippen LogP contribution in [-0.4, -0.2) is 19.5 Å². The molecule has 2 heterocycles. The normalized spacial score (nSPS) is 14.9. The molecule has 256 valence electrons. The predicted octanol–water partition coefficient (Wildman–Crippen LogP) is 12.6. The third kappa shape index (κ3) is 5.08. The second-order valence-electron chi connectivity index (χ2n) is 16.0. The van der Waals surface area contributed by atoms with Gasteiger partial charge < -0.3 is 4.57 Å². The molecule has 0 fully saturated rings. The van der Waals surface area contributed by atoms with Crippen LogP contribution in [0.25, 0.3) is 83.2 Å². The molecule has 0 spiro atoms. The zero-order valence-electron chi connectivity index (χ0n) is 30.6. The van der Waals surface area contributed by atoms with Crippen LogP contribution in [0, 0.1) is 0 Å². The molecule has 0 atom stereocenters. The van der Waals surface area contributed by atoms with E-state index in [1.807, 2.05) is 18.2 Å². The summed E-state index contributed by atoms with van der Waals surface area (Å²) in [5, 5.41) is 7.45. The van der Waals surface area contributed by atoms with Crippen molar-refractivity contribution in [1.82, 2.24) is 19.5 Å². The Morgan fingerprint density at radius 2 is 0.981 bits per heavy atom. The third-order valence-electron chi connectivity index (χ3n) is 11.7. The van der Waals surface area contributed by atoms with Crippen LogP contribution in [0.1, 0.15) is 51.7 Å². The Bertz CT molecular complexity index is 2880. The summed E-state index contributed by atoms with van der Waals surface area (Å²) in [5.74, 6) is 1.98. The third-order valence-corrected chi connectivity index (χ3v) is 11.7. The summed E-state index contributed by atoms with van der Waals surface area (Å²) >= 11 is 0. The van der Waals surface area contributed by atoms with Gasteiger partial charge in [0.15, 0.2) is 17.5 Å². The predicted molar refractivity (Wildman–Crippen MR) is 221 cm³/mol. The summed E-state index contributed by atoms with van der Waals surface area (Å²) in [5.41, 5.74) is 9.65. The average molecular weight is 685 g/mol. The minimum Gasteiger partial charge on any atom is -0.308 e. The Morgan fingerprint density at radius 1 is 0.434 bits per heavy atom. The molecule has 2 aromatic heterocycles. The maximum atomic E-state index is 5.10. The van der Waals surface area contributed by atoms with Crippen molar-refractivity contribution in [3.05, 3.63) is 157 Å². The van der Waals surface area contributed by atoms with Crippen LogP contribution < -0.4 is 0 Å². The zero-order valence-corrected chi connectivity index (χ0v) is 30.6. The van der Waals surface area contributed by atoms with Gasteiger partial charge in [0, 0.05) is 38.5 Å². The van der Waals surface area contributed by atoms with Crippen molar-refractivity contribution in [2.75, 3.05) is 0 Å². The first kappa shape index (κ1) is 31.6. The van der Waals surface area contributed by atoms with Gasteiger partial charge in [-0.1, -0.05) is 143 Å². The van der Waals surface area contributed by atoms with Crippen molar-refractivity contribution in [2.45, 2.75) is 51.4 Å². The molecule has 0 unspecified atom stereocenters. The summed E-state index contributed by atoms with van der Waals surface area (Å²) in [4.78, 5) is 15.2. The van der Waals surface area contributed by atoms with Crippen molar-refractivity contribution in [2.24, 2.45) is 0 Å². The van der Waals surface area contributed by atoms with Gasteiger partial charge in [0.05, 0.1) is 11.0 Å². The maximum absolute atomic E-state index is 5.10. The van der Waals surface area contributed by atoms with Gasteiger partial charge in [0.2, 0.25) is 0 Å². The average Bonchev–Trinajstić information content (AvgIpc) is 3.54.